The Morgan fingerprint density at radius 2 is 2.22 bits per heavy atom. The van der Waals surface area contributed by atoms with Crippen LogP contribution in [0.25, 0.3) is 16.2 Å². The minimum atomic E-state index is -0.296. The third-order valence-electron chi connectivity index (χ3n) is 2.57. The molecule has 4 nitrogen and oxygen atoms in total. The highest BCUT2D eigenvalue weighted by molar-refractivity contribution is 9.10. The maximum Gasteiger partial charge on any atom is 0.241 e. The van der Waals surface area contributed by atoms with Gasteiger partial charge in [0.15, 0.2) is 0 Å². The molecule has 2 heterocycles. The largest absolute Gasteiger partial charge is 0.366 e. The normalized spacial score (nSPS) is 11.3. The summed E-state index contributed by atoms with van der Waals surface area (Å²) in [7, 11) is 0. The molecule has 1 aromatic carbocycles. The van der Waals surface area contributed by atoms with E-state index in [2.05, 4.69) is 26.0 Å². The first-order chi connectivity index (χ1) is 8.56. The van der Waals surface area contributed by atoms with Crippen molar-refractivity contribution in [2.75, 3.05) is 5.73 Å². The summed E-state index contributed by atoms with van der Waals surface area (Å²) in [5.74, 6) is -0.104. The zero-order valence-corrected chi connectivity index (χ0v) is 11.7. The van der Waals surface area contributed by atoms with E-state index in [0.717, 1.165) is 9.35 Å². The molecule has 92 valence electrons. The van der Waals surface area contributed by atoms with Crippen molar-refractivity contribution in [3.63, 3.8) is 0 Å². The number of nitrogens with two attached hydrogens (primary N) is 1. The highest BCUT2D eigenvalue weighted by Crippen LogP contribution is 2.33. The average molecular weight is 327 g/mol. The van der Waals surface area contributed by atoms with Gasteiger partial charge in [-0.3, -0.25) is 0 Å². The maximum absolute atomic E-state index is 13.9. The Bertz CT molecular complexity index is 749. The van der Waals surface area contributed by atoms with Crippen molar-refractivity contribution >= 4 is 38.2 Å². The van der Waals surface area contributed by atoms with Crippen LogP contribution in [0, 0.1) is 12.7 Å². The third kappa shape index (κ3) is 1.70. The average Bonchev–Trinajstić information content (AvgIpc) is 2.77. The zero-order chi connectivity index (χ0) is 12.9. The van der Waals surface area contributed by atoms with Crippen LogP contribution in [0.15, 0.2) is 22.7 Å². The van der Waals surface area contributed by atoms with Crippen molar-refractivity contribution in [3.05, 3.63) is 33.4 Å². The van der Waals surface area contributed by atoms with E-state index in [0.29, 0.717) is 16.2 Å². The number of hydrogen-bond donors (Lipinski definition) is 1. The monoisotopic (exact) mass is 326 g/mol. The number of fused-ring (bicyclic) bond motifs is 1. The van der Waals surface area contributed by atoms with Crippen molar-refractivity contribution < 1.29 is 4.39 Å². The SMILES string of the molecule is Cc1sc2nc(N)nn2c1-c1cc(Br)ccc1F. The smallest absolute Gasteiger partial charge is 0.241 e. The number of rotatable bonds is 1. The van der Waals surface area contributed by atoms with Gasteiger partial charge in [0.25, 0.3) is 0 Å². The van der Waals surface area contributed by atoms with Gasteiger partial charge in [0.2, 0.25) is 10.9 Å². The van der Waals surface area contributed by atoms with E-state index in [1.165, 1.54) is 17.4 Å². The predicted molar refractivity (Wildman–Crippen MR) is 73.1 cm³/mol. The van der Waals surface area contributed by atoms with Gasteiger partial charge in [-0.1, -0.05) is 27.3 Å². The van der Waals surface area contributed by atoms with Crippen molar-refractivity contribution in [2.24, 2.45) is 0 Å². The first-order valence-electron chi connectivity index (χ1n) is 5.13. The van der Waals surface area contributed by atoms with Crippen molar-refractivity contribution in [3.8, 4) is 11.3 Å². The molecule has 0 aliphatic carbocycles. The van der Waals surface area contributed by atoms with Crippen LogP contribution >= 0.6 is 27.3 Å². The molecule has 0 aliphatic heterocycles. The molecule has 3 aromatic rings. The molecule has 7 heteroatoms. The predicted octanol–water partition coefficient (Wildman–Crippen LogP) is 3.25. The first-order valence-corrected chi connectivity index (χ1v) is 6.74. The molecule has 3 rings (SSSR count). The standard InChI is InChI=1S/C11H8BrFN4S/c1-5-9(7-4-6(12)2-3-8(7)13)17-11(18-5)15-10(14)16-17/h2-4H,1H3,(H2,14,16). The summed E-state index contributed by atoms with van der Waals surface area (Å²) in [6, 6.07) is 4.80. The fraction of sp³-hybridized carbons (Fsp3) is 0.0909. The van der Waals surface area contributed by atoms with Crippen LogP contribution < -0.4 is 5.73 Å². The van der Waals surface area contributed by atoms with Crippen molar-refractivity contribution in [1.82, 2.24) is 14.6 Å². The molecule has 0 spiro atoms. The van der Waals surface area contributed by atoms with E-state index in [4.69, 9.17) is 5.73 Å². The summed E-state index contributed by atoms with van der Waals surface area (Å²) in [6.07, 6.45) is 0. The van der Waals surface area contributed by atoms with E-state index in [-0.39, 0.29) is 11.8 Å². The maximum atomic E-state index is 13.9. The summed E-state index contributed by atoms with van der Waals surface area (Å²) in [5.41, 5.74) is 6.74. The Labute approximate surface area is 114 Å². The van der Waals surface area contributed by atoms with Gasteiger partial charge < -0.3 is 5.73 Å². The lowest BCUT2D eigenvalue weighted by Gasteiger charge is -2.03. The molecule has 0 radical (unpaired) electrons. The van der Waals surface area contributed by atoms with Gasteiger partial charge in [-0.25, -0.2) is 8.91 Å². The Hall–Kier alpha value is -1.47. The zero-order valence-electron chi connectivity index (χ0n) is 9.32. The van der Waals surface area contributed by atoms with E-state index < -0.39 is 0 Å². The van der Waals surface area contributed by atoms with E-state index in [9.17, 15) is 4.39 Å². The molecular formula is C11H8BrFN4S. The lowest BCUT2D eigenvalue weighted by Crippen LogP contribution is -1.95. The molecule has 18 heavy (non-hydrogen) atoms. The van der Waals surface area contributed by atoms with Gasteiger partial charge in [-0.15, -0.1) is 5.10 Å². The van der Waals surface area contributed by atoms with Crippen LogP contribution in [0.4, 0.5) is 10.3 Å². The summed E-state index contributed by atoms with van der Waals surface area (Å²) < 4.78 is 16.3. The highest BCUT2D eigenvalue weighted by Gasteiger charge is 2.17. The number of thiazole rings is 1. The Morgan fingerprint density at radius 1 is 1.44 bits per heavy atom. The minimum Gasteiger partial charge on any atom is -0.366 e. The van der Waals surface area contributed by atoms with Crippen LogP contribution in [-0.2, 0) is 0 Å². The molecule has 0 unspecified atom stereocenters. The molecular weight excluding hydrogens is 319 g/mol. The fourth-order valence-corrected chi connectivity index (χ4v) is 3.13. The molecule has 0 fully saturated rings. The summed E-state index contributed by atoms with van der Waals surface area (Å²) in [4.78, 5) is 5.70. The molecule has 0 saturated carbocycles. The van der Waals surface area contributed by atoms with E-state index in [1.54, 1.807) is 16.6 Å². The molecule has 0 atom stereocenters. The first kappa shape index (κ1) is 11.6. The van der Waals surface area contributed by atoms with E-state index in [1.807, 2.05) is 6.92 Å². The van der Waals surface area contributed by atoms with Gasteiger partial charge >= 0.3 is 0 Å². The Kier molecular flexibility index (Phi) is 2.60. The number of nitrogen functional groups attached to an aromatic ring is 1. The van der Waals surface area contributed by atoms with Crippen LogP contribution in [0.5, 0.6) is 0 Å². The lowest BCUT2D eigenvalue weighted by molar-refractivity contribution is 0.629. The second-order valence-electron chi connectivity index (χ2n) is 3.80. The van der Waals surface area contributed by atoms with Crippen molar-refractivity contribution in [1.29, 1.82) is 0 Å². The lowest BCUT2D eigenvalue weighted by atomic mass is 10.1. The summed E-state index contributed by atoms with van der Waals surface area (Å²) in [5, 5.41) is 4.09. The molecule has 2 N–H and O–H groups in total. The van der Waals surface area contributed by atoms with Crippen LogP contribution in [0.1, 0.15) is 4.88 Å². The van der Waals surface area contributed by atoms with Crippen LogP contribution in [0.2, 0.25) is 0 Å². The van der Waals surface area contributed by atoms with E-state index >= 15 is 0 Å². The van der Waals surface area contributed by atoms with Crippen LogP contribution in [0.3, 0.4) is 0 Å². The number of aromatic nitrogens is 3. The molecule has 0 saturated heterocycles. The molecule has 0 aliphatic rings. The number of aryl methyl sites for hydroxylation is 1. The topological polar surface area (TPSA) is 56.2 Å². The van der Waals surface area contributed by atoms with Crippen molar-refractivity contribution in [2.45, 2.75) is 6.92 Å². The summed E-state index contributed by atoms with van der Waals surface area (Å²) >= 11 is 4.78. The van der Waals surface area contributed by atoms with Gasteiger partial charge in [0.05, 0.1) is 5.69 Å². The highest BCUT2D eigenvalue weighted by atomic mass is 79.9. The van der Waals surface area contributed by atoms with Gasteiger partial charge in [-0.05, 0) is 25.1 Å². The Morgan fingerprint density at radius 3 is 3.00 bits per heavy atom. The quantitative estimate of drug-likeness (QED) is 0.746. The molecule has 0 bridgehead atoms. The van der Waals surface area contributed by atoms with Gasteiger partial charge in [0, 0.05) is 14.9 Å². The van der Waals surface area contributed by atoms with Crippen LogP contribution in [-0.4, -0.2) is 14.6 Å². The number of anilines is 1. The molecule has 0 amide bonds. The minimum absolute atomic E-state index is 0.193. The second kappa shape index (κ2) is 4.03. The second-order valence-corrected chi connectivity index (χ2v) is 5.89. The number of benzene rings is 1. The fourth-order valence-electron chi connectivity index (χ4n) is 1.84. The third-order valence-corrected chi connectivity index (χ3v) is 4.01. The number of nitrogens with zero attached hydrogens (tertiary/aromatic N) is 3. The molecule has 2 aromatic heterocycles. The Balaban J connectivity index is 2.36. The van der Waals surface area contributed by atoms with Gasteiger partial charge in [0.1, 0.15) is 5.82 Å². The number of halogens is 2. The van der Waals surface area contributed by atoms with Gasteiger partial charge in [-0.2, -0.15) is 4.98 Å². The number of hydrogen-bond acceptors (Lipinski definition) is 4. The summed E-state index contributed by atoms with van der Waals surface area (Å²) in [6.45, 7) is 1.91.